The van der Waals surface area contributed by atoms with Crippen molar-refractivity contribution in [1.82, 2.24) is 29.7 Å². The van der Waals surface area contributed by atoms with Crippen LogP contribution < -0.4 is 5.56 Å². The zero-order chi connectivity index (χ0) is 21.5. The van der Waals surface area contributed by atoms with Gasteiger partial charge in [0.05, 0.1) is 30.2 Å². The first-order valence-corrected chi connectivity index (χ1v) is 11.0. The first kappa shape index (κ1) is 19.8. The molecule has 1 atom stereocenters. The van der Waals surface area contributed by atoms with Gasteiger partial charge in [0.1, 0.15) is 11.5 Å². The van der Waals surface area contributed by atoms with E-state index in [9.17, 15) is 14.4 Å². The molecular weight excluding hydrogens is 396 g/mol. The molecule has 0 radical (unpaired) electrons. The fraction of sp³-hybridized carbons (Fsp3) is 0.545. The van der Waals surface area contributed by atoms with Crippen LogP contribution in [0.15, 0.2) is 17.2 Å². The summed E-state index contributed by atoms with van der Waals surface area (Å²) in [6.07, 6.45) is 8.06. The quantitative estimate of drug-likeness (QED) is 0.803. The molecule has 1 N–H and O–H groups in total. The number of fused-ring (bicyclic) bond motifs is 1. The lowest BCUT2D eigenvalue weighted by molar-refractivity contribution is -0.133. The van der Waals surface area contributed by atoms with Crippen LogP contribution in [0.5, 0.6) is 0 Å². The van der Waals surface area contributed by atoms with Crippen molar-refractivity contribution in [1.29, 1.82) is 0 Å². The molecule has 0 aromatic carbocycles. The first-order chi connectivity index (χ1) is 15.0. The smallest absolute Gasteiger partial charge is 0.274 e. The number of amides is 2. The van der Waals surface area contributed by atoms with Gasteiger partial charge in [-0.25, -0.2) is 9.97 Å². The predicted octanol–water partition coefficient (Wildman–Crippen LogP) is 1.53. The average molecular weight is 422 g/mol. The maximum atomic E-state index is 13.1. The maximum absolute atomic E-state index is 13.1. The van der Waals surface area contributed by atoms with Gasteiger partial charge in [0.2, 0.25) is 5.91 Å². The number of carbonyl (C=O) groups is 2. The molecule has 0 bridgehead atoms. The number of nitrogens with one attached hydrogen (secondary N) is 1. The van der Waals surface area contributed by atoms with Crippen LogP contribution in [0.25, 0.3) is 0 Å². The molecule has 1 saturated heterocycles. The van der Waals surface area contributed by atoms with Crippen LogP contribution in [0.4, 0.5) is 0 Å². The van der Waals surface area contributed by atoms with E-state index < -0.39 is 0 Å². The standard InChI is InChI=1S/C22H26N6O3/c1-13-10-24-16(11-23-13)22(31)28-8-3-2-4-18(28)19-25-17-12-27(21(30)14-5-6-14)9-7-15(17)20(29)26-19/h10-11,14,18H,2-9,12H2,1H3,(H,25,26,29)/t18-/m1/s1. The Balaban J connectivity index is 1.44. The van der Waals surface area contributed by atoms with Crippen LogP contribution in [-0.4, -0.2) is 54.6 Å². The fourth-order valence-electron chi connectivity index (χ4n) is 4.50. The zero-order valence-electron chi connectivity index (χ0n) is 17.6. The molecule has 9 nitrogen and oxygen atoms in total. The second-order valence-corrected chi connectivity index (χ2v) is 8.71. The maximum Gasteiger partial charge on any atom is 0.274 e. The van der Waals surface area contributed by atoms with Gasteiger partial charge >= 0.3 is 0 Å². The van der Waals surface area contributed by atoms with Gasteiger partial charge in [0.15, 0.2) is 0 Å². The van der Waals surface area contributed by atoms with Crippen molar-refractivity contribution >= 4 is 11.8 Å². The van der Waals surface area contributed by atoms with Crippen molar-refractivity contribution < 1.29 is 9.59 Å². The van der Waals surface area contributed by atoms with Crippen molar-refractivity contribution in [2.45, 2.75) is 58.0 Å². The number of aryl methyl sites for hydroxylation is 1. The van der Waals surface area contributed by atoms with Gasteiger partial charge in [-0.15, -0.1) is 0 Å². The zero-order valence-corrected chi connectivity index (χ0v) is 17.6. The molecule has 2 aromatic heterocycles. The van der Waals surface area contributed by atoms with Crippen molar-refractivity contribution in [3.05, 3.63) is 51.2 Å². The number of nitrogens with zero attached hydrogens (tertiary/aromatic N) is 5. The molecule has 2 aliphatic heterocycles. The van der Waals surface area contributed by atoms with Crippen LogP contribution in [0.2, 0.25) is 0 Å². The van der Waals surface area contributed by atoms with E-state index in [4.69, 9.17) is 4.98 Å². The third-order valence-corrected chi connectivity index (χ3v) is 6.41. The highest BCUT2D eigenvalue weighted by atomic mass is 16.2. The number of likely N-dealkylation sites (tertiary alicyclic amines) is 1. The Morgan fingerprint density at radius 1 is 1.10 bits per heavy atom. The molecule has 0 spiro atoms. The van der Waals surface area contributed by atoms with Gasteiger partial charge in [-0.3, -0.25) is 19.4 Å². The van der Waals surface area contributed by atoms with E-state index in [1.54, 1.807) is 11.1 Å². The Kier molecular flexibility index (Phi) is 5.03. The normalized spacial score (nSPS) is 21.0. The summed E-state index contributed by atoms with van der Waals surface area (Å²) in [5.74, 6) is 0.604. The number of carbonyl (C=O) groups excluding carboxylic acids is 2. The first-order valence-electron chi connectivity index (χ1n) is 11.0. The molecule has 162 valence electrons. The Bertz CT molecular complexity index is 1080. The molecule has 31 heavy (non-hydrogen) atoms. The molecule has 2 aromatic rings. The van der Waals surface area contributed by atoms with Gasteiger partial charge in [-0.2, -0.15) is 0 Å². The third-order valence-electron chi connectivity index (χ3n) is 6.41. The summed E-state index contributed by atoms with van der Waals surface area (Å²) < 4.78 is 0. The number of aromatic amines is 1. The summed E-state index contributed by atoms with van der Waals surface area (Å²) >= 11 is 0. The van der Waals surface area contributed by atoms with Gasteiger partial charge in [-0.1, -0.05) is 0 Å². The molecule has 9 heteroatoms. The van der Waals surface area contributed by atoms with E-state index >= 15 is 0 Å². The second kappa shape index (κ2) is 7.86. The van der Waals surface area contributed by atoms with Crippen LogP contribution in [0, 0.1) is 12.8 Å². The van der Waals surface area contributed by atoms with Crippen molar-refractivity contribution in [3.63, 3.8) is 0 Å². The van der Waals surface area contributed by atoms with E-state index in [-0.39, 0.29) is 29.3 Å². The number of aromatic nitrogens is 4. The highest BCUT2D eigenvalue weighted by Crippen LogP contribution is 2.33. The molecule has 2 amide bonds. The Labute approximate surface area is 179 Å². The molecule has 4 heterocycles. The Hall–Kier alpha value is -3.10. The third kappa shape index (κ3) is 3.84. The SMILES string of the molecule is Cc1cnc(C(=O)N2CCCC[C@@H]2c2nc3c(c(=O)[nH]2)CCN(C(=O)C2CC2)C3)cn1. The summed E-state index contributed by atoms with van der Waals surface area (Å²) in [7, 11) is 0. The summed E-state index contributed by atoms with van der Waals surface area (Å²) in [5, 5.41) is 0. The lowest BCUT2D eigenvalue weighted by Crippen LogP contribution is -2.43. The highest BCUT2D eigenvalue weighted by Gasteiger charge is 2.36. The monoisotopic (exact) mass is 422 g/mol. The summed E-state index contributed by atoms with van der Waals surface area (Å²) in [5.41, 5.74) is 2.19. The molecule has 3 aliphatic rings. The van der Waals surface area contributed by atoms with Crippen LogP contribution in [-0.2, 0) is 17.8 Å². The van der Waals surface area contributed by atoms with Crippen LogP contribution in [0.1, 0.15) is 71.4 Å². The van der Waals surface area contributed by atoms with Crippen molar-refractivity contribution in [2.24, 2.45) is 5.92 Å². The largest absolute Gasteiger partial charge is 0.336 e. The average Bonchev–Trinajstić information content (AvgIpc) is 3.64. The van der Waals surface area contributed by atoms with Crippen molar-refractivity contribution in [2.75, 3.05) is 13.1 Å². The summed E-state index contributed by atoms with van der Waals surface area (Å²) in [6.45, 7) is 3.33. The number of hydrogen-bond donors (Lipinski definition) is 1. The summed E-state index contributed by atoms with van der Waals surface area (Å²) in [4.78, 5) is 58.1. The van der Waals surface area contributed by atoms with Crippen molar-refractivity contribution in [3.8, 4) is 0 Å². The highest BCUT2D eigenvalue weighted by molar-refractivity contribution is 5.92. The molecular formula is C22H26N6O3. The summed E-state index contributed by atoms with van der Waals surface area (Å²) in [6, 6.07) is -0.322. The minimum Gasteiger partial charge on any atom is -0.336 e. The molecule has 0 unspecified atom stereocenters. The number of hydrogen-bond acceptors (Lipinski definition) is 6. The van der Waals surface area contributed by atoms with Gasteiger partial charge in [0.25, 0.3) is 11.5 Å². The van der Waals surface area contributed by atoms with E-state index in [0.29, 0.717) is 48.8 Å². The van der Waals surface area contributed by atoms with Gasteiger partial charge < -0.3 is 14.8 Å². The van der Waals surface area contributed by atoms with Gasteiger partial charge in [0, 0.05) is 30.8 Å². The molecule has 1 aliphatic carbocycles. The fourth-order valence-corrected chi connectivity index (χ4v) is 4.50. The number of piperidine rings is 1. The Morgan fingerprint density at radius 2 is 1.94 bits per heavy atom. The van der Waals surface area contributed by atoms with E-state index in [2.05, 4.69) is 15.0 Å². The Morgan fingerprint density at radius 3 is 2.68 bits per heavy atom. The lowest BCUT2D eigenvalue weighted by atomic mass is 9.99. The van der Waals surface area contributed by atoms with E-state index in [1.807, 2.05) is 11.8 Å². The number of H-pyrrole nitrogens is 1. The van der Waals surface area contributed by atoms with Crippen LogP contribution in [0.3, 0.4) is 0 Å². The predicted molar refractivity (Wildman–Crippen MR) is 111 cm³/mol. The van der Waals surface area contributed by atoms with E-state index in [0.717, 1.165) is 37.8 Å². The second-order valence-electron chi connectivity index (χ2n) is 8.71. The molecule has 5 rings (SSSR count). The lowest BCUT2D eigenvalue weighted by Gasteiger charge is -2.35. The van der Waals surface area contributed by atoms with Gasteiger partial charge in [-0.05, 0) is 45.4 Å². The molecule has 2 fully saturated rings. The topological polar surface area (TPSA) is 112 Å². The number of rotatable bonds is 3. The van der Waals surface area contributed by atoms with Crippen LogP contribution >= 0.6 is 0 Å². The molecule has 1 saturated carbocycles. The van der Waals surface area contributed by atoms with E-state index in [1.165, 1.54) is 6.20 Å². The minimum atomic E-state index is -0.322. The minimum absolute atomic E-state index is 0.144.